The van der Waals surface area contributed by atoms with Crippen molar-refractivity contribution in [3.63, 3.8) is 0 Å². The van der Waals surface area contributed by atoms with Crippen molar-refractivity contribution in [1.29, 1.82) is 0 Å². The van der Waals surface area contributed by atoms with Crippen LogP contribution in [0.15, 0.2) is 77.5 Å². The second-order valence-corrected chi connectivity index (χ2v) is 9.99. The summed E-state index contributed by atoms with van der Waals surface area (Å²) in [6.07, 6.45) is 3.57. The lowest BCUT2D eigenvalue weighted by Gasteiger charge is -2.31. The highest BCUT2D eigenvalue weighted by Crippen LogP contribution is 2.43. The van der Waals surface area contributed by atoms with Gasteiger partial charge in [-0.15, -0.1) is 0 Å². The number of nitrogens with one attached hydrogen (secondary N) is 1. The van der Waals surface area contributed by atoms with Crippen molar-refractivity contribution in [1.82, 2.24) is 14.9 Å². The lowest BCUT2D eigenvalue weighted by molar-refractivity contribution is 0.122. The van der Waals surface area contributed by atoms with E-state index in [9.17, 15) is 0 Å². The second kappa shape index (κ2) is 10.0. The van der Waals surface area contributed by atoms with Crippen LogP contribution in [0.2, 0.25) is 0 Å². The van der Waals surface area contributed by atoms with Crippen LogP contribution in [0, 0.1) is 13.8 Å². The predicted octanol–water partition coefficient (Wildman–Crippen LogP) is 5.15. The van der Waals surface area contributed by atoms with Gasteiger partial charge in [-0.2, -0.15) is 0 Å². The van der Waals surface area contributed by atoms with Crippen LogP contribution in [0.25, 0.3) is 0 Å². The van der Waals surface area contributed by atoms with Crippen LogP contribution in [-0.4, -0.2) is 41.0 Å². The fourth-order valence-corrected chi connectivity index (χ4v) is 5.87. The smallest absolute Gasteiger partial charge is 0.174 e. The van der Waals surface area contributed by atoms with Gasteiger partial charge in [0.2, 0.25) is 0 Å². The van der Waals surface area contributed by atoms with Crippen LogP contribution < -0.4 is 15.1 Å². The molecule has 1 N–H and O–H groups in total. The SMILES string of the molecule is Cc1cc([C@H]2[C@@H](c3ccccn3)NC(=S)N2c2ccc(N3CCOCC3)cc2)c(C)n1Cc1ccco1. The molecule has 0 radical (unpaired) electrons. The first-order valence-corrected chi connectivity index (χ1v) is 13.1. The number of morpholine rings is 1. The van der Waals surface area contributed by atoms with Gasteiger partial charge in [0.05, 0.1) is 43.8 Å². The highest BCUT2D eigenvalue weighted by Gasteiger charge is 2.42. The molecule has 37 heavy (non-hydrogen) atoms. The Labute approximate surface area is 222 Å². The molecule has 190 valence electrons. The molecule has 3 aromatic heterocycles. The molecule has 0 spiro atoms. The summed E-state index contributed by atoms with van der Waals surface area (Å²) in [6, 6.07) is 20.9. The number of benzene rings is 1. The van der Waals surface area contributed by atoms with Gasteiger partial charge >= 0.3 is 0 Å². The van der Waals surface area contributed by atoms with Crippen LogP contribution >= 0.6 is 12.2 Å². The van der Waals surface area contributed by atoms with Crippen LogP contribution in [0.3, 0.4) is 0 Å². The summed E-state index contributed by atoms with van der Waals surface area (Å²) in [4.78, 5) is 9.32. The fourth-order valence-electron chi connectivity index (χ4n) is 5.52. The van der Waals surface area contributed by atoms with E-state index in [-0.39, 0.29) is 12.1 Å². The van der Waals surface area contributed by atoms with Gasteiger partial charge in [-0.1, -0.05) is 6.07 Å². The Hall–Kier alpha value is -3.62. The highest BCUT2D eigenvalue weighted by molar-refractivity contribution is 7.80. The van der Waals surface area contributed by atoms with Crippen molar-refractivity contribution >= 4 is 28.7 Å². The van der Waals surface area contributed by atoms with Crippen LogP contribution in [0.1, 0.15) is 40.5 Å². The summed E-state index contributed by atoms with van der Waals surface area (Å²) < 4.78 is 13.5. The number of ether oxygens (including phenoxy) is 1. The zero-order chi connectivity index (χ0) is 25.4. The number of hydrogen-bond acceptors (Lipinski definition) is 5. The van der Waals surface area contributed by atoms with Gasteiger partial charge < -0.3 is 28.8 Å². The third kappa shape index (κ3) is 4.51. The largest absolute Gasteiger partial charge is 0.467 e. The van der Waals surface area contributed by atoms with Crippen molar-refractivity contribution in [2.75, 3.05) is 36.1 Å². The van der Waals surface area contributed by atoms with E-state index < -0.39 is 0 Å². The first-order valence-electron chi connectivity index (χ1n) is 12.7. The molecule has 0 aliphatic carbocycles. The third-order valence-electron chi connectivity index (χ3n) is 7.43. The summed E-state index contributed by atoms with van der Waals surface area (Å²) in [7, 11) is 0. The molecule has 2 aliphatic rings. The number of thiocarbonyl (C=S) groups is 1. The van der Waals surface area contributed by atoms with E-state index in [1.54, 1.807) is 6.26 Å². The molecule has 4 aromatic rings. The Morgan fingerprint density at radius 2 is 1.78 bits per heavy atom. The van der Waals surface area contributed by atoms with E-state index in [0.717, 1.165) is 43.4 Å². The number of nitrogens with zero attached hydrogens (tertiary/aromatic N) is 4. The molecule has 0 amide bonds. The first kappa shape index (κ1) is 23.8. The third-order valence-corrected chi connectivity index (χ3v) is 7.74. The number of aryl methyl sites for hydroxylation is 1. The Balaban J connectivity index is 1.39. The molecule has 0 saturated carbocycles. The molecular formula is C29H31N5O2S. The van der Waals surface area contributed by atoms with E-state index >= 15 is 0 Å². The quantitative estimate of drug-likeness (QED) is 0.358. The number of rotatable bonds is 6. The summed E-state index contributed by atoms with van der Waals surface area (Å²) in [5.74, 6) is 0.935. The topological polar surface area (TPSA) is 58.7 Å². The average molecular weight is 514 g/mol. The monoisotopic (exact) mass is 513 g/mol. The molecule has 6 rings (SSSR count). The minimum absolute atomic E-state index is 0.0480. The summed E-state index contributed by atoms with van der Waals surface area (Å²) in [5.41, 5.74) is 6.85. The van der Waals surface area contributed by atoms with E-state index in [1.807, 2.05) is 30.5 Å². The number of anilines is 2. The van der Waals surface area contributed by atoms with Crippen LogP contribution in [0.4, 0.5) is 11.4 Å². The van der Waals surface area contributed by atoms with Gasteiger partial charge in [-0.25, -0.2) is 0 Å². The van der Waals surface area contributed by atoms with Gasteiger partial charge in [0.25, 0.3) is 0 Å². The zero-order valence-corrected chi connectivity index (χ0v) is 21.9. The van der Waals surface area contributed by atoms with Gasteiger partial charge in [-0.3, -0.25) is 4.98 Å². The molecule has 8 heteroatoms. The first-order chi connectivity index (χ1) is 18.1. The molecule has 2 saturated heterocycles. The van der Waals surface area contributed by atoms with Crippen molar-refractivity contribution in [3.05, 3.63) is 102 Å². The minimum Gasteiger partial charge on any atom is -0.467 e. The maximum atomic E-state index is 5.95. The Morgan fingerprint density at radius 1 is 1.00 bits per heavy atom. The van der Waals surface area contributed by atoms with Crippen molar-refractivity contribution < 1.29 is 9.15 Å². The molecule has 0 unspecified atom stereocenters. The van der Waals surface area contributed by atoms with Gasteiger partial charge in [0.1, 0.15) is 5.76 Å². The molecular weight excluding hydrogens is 482 g/mol. The van der Waals surface area contributed by atoms with Crippen molar-refractivity contribution in [2.45, 2.75) is 32.5 Å². The minimum atomic E-state index is -0.0785. The van der Waals surface area contributed by atoms with Crippen LogP contribution in [-0.2, 0) is 11.3 Å². The Kier molecular flexibility index (Phi) is 6.44. The van der Waals surface area contributed by atoms with E-state index in [0.29, 0.717) is 11.7 Å². The Morgan fingerprint density at radius 3 is 2.49 bits per heavy atom. The van der Waals surface area contributed by atoms with Crippen molar-refractivity contribution in [3.8, 4) is 0 Å². The lowest BCUT2D eigenvalue weighted by atomic mass is 9.96. The maximum Gasteiger partial charge on any atom is 0.174 e. The summed E-state index contributed by atoms with van der Waals surface area (Å²) >= 11 is 5.95. The normalized spacial score (nSPS) is 19.9. The molecule has 2 aliphatic heterocycles. The van der Waals surface area contributed by atoms with E-state index in [2.05, 4.69) is 69.9 Å². The molecule has 5 heterocycles. The summed E-state index contributed by atoms with van der Waals surface area (Å²) in [6.45, 7) is 8.38. The number of pyridine rings is 1. The average Bonchev–Trinajstić information content (AvgIpc) is 3.65. The lowest BCUT2D eigenvalue weighted by Crippen LogP contribution is -2.36. The predicted molar refractivity (Wildman–Crippen MR) is 149 cm³/mol. The Bertz CT molecular complexity index is 1360. The molecule has 2 atom stereocenters. The van der Waals surface area contributed by atoms with E-state index in [1.165, 1.54) is 22.6 Å². The number of aromatic nitrogens is 2. The maximum absolute atomic E-state index is 5.95. The molecule has 2 fully saturated rings. The molecule has 0 bridgehead atoms. The summed E-state index contributed by atoms with van der Waals surface area (Å²) in [5, 5.41) is 4.29. The molecule has 7 nitrogen and oxygen atoms in total. The number of hydrogen-bond donors (Lipinski definition) is 1. The number of furan rings is 1. The standard InChI is InChI=1S/C29H31N5O2S/c1-20-18-25(21(2)33(20)19-24-6-5-15-36-24)28-27(26-7-3-4-12-30-26)31-29(37)34(28)23-10-8-22(9-11-23)32-13-16-35-17-14-32/h3-12,15,18,27-28H,13-14,16-17,19H2,1-2H3,(H,31,37)/t27-,28+/m1/s1. The van der Waals surface area contributed by atoms with Crippen molar-refractivity contribution in [2.24, 2.45) is 0 Å². The highest BCUT2D eigenvalue weighted by atomic mass is 32.1. The van der Waals surface area contributed by atoms with Gasteiger partial charge in [-0.05, 0) is 86.2 Å². The van der Waals surface area contributed by atoms with Crippen LogP contribution in [0.5, 0.6) is 0 Å². The fraction of sp³-hybridized carbons (Fsp3) is 0.310. The van der Waals surface area contributed by atoms with E-state index in [4.69, 9.17) is 26.4 Å². The van der Waals surface area contributed by atoms with Gasteiger partial charge in [0.15, 0.2) is 5.11 Å². The second-order valence-electron chi connectivity index (χ2n) is 9.60. The molecule has 1 aromatic carbocycles. The zero-order valence-electron chi connectivity index (χ0n) is 21.1. The van der Waals surface area contributed by atoms with Gasteiger partial charge in [0, 0.05) is 42.0 Å².